The van der Waals surface area contributed by atoms with Crippen molar-refractivity contribution in [3.8, 4) is 0 Å². The van der Waals surface area contributed by atoms with Crippen LogP contribution in [-0.2, 0) is 5.41 Å². The number of fused-ring (bicyclic) bond motifs is 1. The highest BCUT2D eigenvalue weighted by Crippen LogP contribution is 2.30. The van der Waals surface area contributed by atoms with Gasteiger partial charge in [-0.2, -0.15) is 0 Å². The molecule has 92 valence electrons. The molecular weight excluding hydrogens is 213 g/mol. The van der Waals surface area contributed by atoms with E-state index in [0.717, 1.165) is 16.6 Å². The van der Waals surface area contributed by atoms with Crippen LogP contribution in [0.25, 0.3) is 10.9 Å². The first-order valence-electron chi connectivity index (χ1n) is 6.12. The van der Waals surface area contributed by atoms with E-state index in [1.807, 2.05) is 32.0 Å². The fraction of sp³-hybridized carbons (Fsp3) is 0.467. The second-order valence-corrected chi connectivity index (χ2v) is 6.02. The predicted octanol–water partition coefficient (Wildman–Crippen LogP) is 4.73. The predicted molar refractivity (Wildman–Crippen MR) is 71.0 cm³/mol. The Bertz CT molecular complexity index is 544. The third-order valence-corrected chi connectivity index (χ3v) is 3.19. The van der Waals surface area contributed by atoms with Gasteiger partial charge in [0.2, 0.25) is 0 Å². The van der Waals surface area contributed by atoms with Crippen molar-refractivity contribution in [3.05, 3.63) is 35.3 Å². The van der Waals surface area contributed by atoms with Gasteiger partial charge in [-0.05, 0) is 17.5 Å². The van der Waals surface area contributed by atoms with Gasteiger partial charge in [0.1, 0.15) is 0 Å². The summed E-state index contributed by atoms with van der Waals surface area (Å²) in [7, 11) is 0. The molecule has 0 bridgehead atoms. The van der Waals surface area contributed by atoms with Crippen LogP contribution in [0.4, 0.5) is 4.39 Å². The van der Waals surface area contributed by atoms with E-state index in [0.29, 0.717) is 5.52 Å². The van der Waals surface area contributed by atoms with Gasteiger partial charge in [-0.3, -0.25) is 0 Å². The topological polar surface area (TPSA) is 15.8 Å². The SMILES string of the molecule is CC(C)c1ccc2cc(C(C)(C)C)[nH]c2c1F. The molecular formula is C15H20FN. The molecule has 0 atom stereocenters. The number of halogens is 1. The maximum Gasteiger partial charge on any atom is 0.150 e. The Morgan fingerprint density at radius 3 is 2.35 bits per heavy atom. The quantitative estimate of drug-likeness (QED) is 0.733. The summed E-state index contributed by atoms with van der Waals surface area (Å²) in [5, 5.41) is 0.955. The lowest BCUT2D eigenvalue weighted by Gasteiger charge is -2.15. The van der Waals surface area contributed by atoms with Crippen molar-refractivity contribution in [3.63, 3.8) is 0 Å². The Balaban J connectivity index is 2.66. The molecule has 0 amide bonds. The monoisotopic (exact) mass is 233 g/mol. The average molecular weight is 233 g/mol. The summed E-state index contributed by atoms with van der Waals surface area (Å²) >= 11 is 0. The first-order chi connectivity index (χ1) is 7.80. The second-order valence-electron chi connectivity index (χ2n) is 6.02. The summed E-state index contributed by atoms with van der Waals surface area (Å²) in [5.41, 5.74) is 2.51. The lowest BCUT2D eigenvalue weighted by atomic mass is 9.92. The number of aromatic amines is 1. The number of H-pyrrole nitrogens is 1. The van der Waals surface area contributed by atoms with Gasteiger partial charge >= 0.3 is 0 Å². The molecule has 0 fully saturated rings. The Labute approximate surface area is 102 Å². The minimum Gasteiger partial charge on any atom is -0.356 e. The third kappa shape index (κ3) is 2.08. The van der Waals surface area contributed by atoms with Crippen LogP contribution in [0.3, 0.4) is 0 Å². The molecule has 1 aromatic heterocycles. The molecule has 1 N–H and O–H groups in total. The van der Waals surface area contributed by atoms with E-state index < -0.39 is 0 Å². The van der Waals surface area contributed by atoms with Crippen LogP contribution in [0.1, 0.15) is 51.8 Å². The lowest BCUT2D eigenvalue weighted by molar-refractivity contribution is 0.571. The molecule has 0 aliphatic heterocycles. The molecule has 0 spiro atoms. The fourth-order valence-corrected chi connectivity index (χ4v) is 2.03. The minimum absolute atomic E-state index is 0.0173. The van der Waals surface area contributed by atoms with Crippen molar-refractivity contribution in [2.45, 2.75) is 46.0 Å². The number of benzene rings is 1. The van der Waals surface area contributed by atoms with Crippen LogP contribution in [-0.4, -0.2) is 4.98 Å². The number of aromatic nitrogens is 1. The van der Waals surface area contributed by atoms with Crippen LogP contribution in [0.15, 0.2) is 18.2 Å². The van der Waals surface area contributed by atoms with Gasteiger partial charge in [-0.1, -0.05) is 46.8 Å². The van der Waals surface area contributed by atoms with Gasteiger partial charge in [0.25, 0.3) is 0 Å². The van der Waals surface area contributed by atoms with Gasteiger partial charge in [-0.25, -0.2) is 4.39 Å². The van der Waals surface area contributed by atoms with Gasteiger partial charge in [0.05, 0.1) is 5.52 Å². The normalized spacial score (nSPS) is 12.6. The Morgan fingerprint density at radius 2 is 1.82 bits per heavy atom. The highest BCUT2D eigenvalue weighted by Gasteiger charge is 2.19. The highest BCUT2D eigenvalue weighted by atomic mass is 19.1. The summed E-state index contributed by atoms with van der Waals surface area (Å²) in [5.74, 6) is 0.105. The fourth-order valence-electron chi connectivity index (χ4n) is 2.03. The third-order valence-electron chi connectivity index (χ3n) is 3.19. The second kappa shape index (κ2) is 3.86. The average Bonchev–Trinajstić information content (AvgIpc) is 2.61. The molecule has 0 aliphatic carbocycles. The zero-order valence-corrected chi connectivity index (χ0v) is 11.2. The molecule has 17 heavy (non-hydrogen) atoms. The molecule has 1 heterocycles. The molecule has 0 radical (unpaired) electrons. The van der Waals surface area contributed by atoms with Crippen molar-refractivity contribution in [1.29, 1.82) is 0 Å². The maximum atomic E-state index is 14.3. The smallest absolute Gasteiger partial charge is 0.150 e. The van der Waals surface area contributed by atoms with Crippen LogP contribution in [0.2, 0.25) is 0 Å². The zero-order chi connectivity index (χ0) is 12.8. The molecule has 0 aliphatic rings. The molecule has 2 heteroatoms. The van der Waals surface area contributed by atoms with Gasteiger partial charge in [0.15, 0.2) is 5.82 Å². The maximum absolute atomic E-state index is 14.3. The largest absolute Gasteiger partial charge is 0.356 e. The molecule has 2 rings (SSSR count). The Morgan fingerprint density at radius 1 is 1.18 bits per heavy atom. The Hall–Kier alpha value is -1.31. The number of hydrogen-bond donors (Lipinski definition) is 1. The molecule has 1 nitrogen and oxygen atoms in total. The number of hydrogen-bond acceptors (Lipinski definition) is 0. The van der Waals surface area contributed by atoms with E-state index in [1.54, 1.807) is 0 Å². The van der Waals surface area contributed by atoms with E-state index in [2.05, 4.69) is 25.8 Å². The molecule has 0 saturated carbocycles. The van der Waals surface area contributed by atoms with Crippen LogP contribution >= 0.6 is 0 Å². The van der Waals surface area contributed by atoms with Crippen molar-refractivity contribution in [2.24, 2.45) is 0 Å². The minimum atomic E-state index is -0.104. The number of nitrogens with one attached hydrogen (secondary N) is 1. The highest BCUT2D eigenvalue weighted by molar-refractivity contribution is 5.82. The standard InChI is InChI=1S/C15H20FN/c1-9(2)11-7-6-10-8-12(15(3,4)5)17-14(10)13(11)16/h6-9,17H,1-5H3. The first-order valence-corrected chi connectivity index (χ1v) is 6.12. The molecule has 0 unspecified atom stereocenters. The van der Waals surface area contributed by atoms with E-state index in [-0.39, 0.29) is 17.2 Å². The van der Waals surface area contributed by atoms with E-state index >= 15 is 0 Å². The van der Waals surface area contributed by atoms with Gasteiger partial charge in [0, 0.05) is 16.5 Å². The summed E-state index contributed by atoms with van der Waals surface area (Å²) in [6.45, 7) is 10.4. The van der Waals surface area contributed by atoms with Gasteiger partial charge in [-0.15, -0.1) is 0 Å². The van der Waals surface area contributed by atoms with E-state index in [9.17, 15) is 4.39 Å². The lowest BCUT2D eigenvalue weighted by Crippen LogP contribution is -2.11. The van der Waals surface area contributed by atoms with Crippen molar-refractivity contribution < 1.29 is 4.39 Å². The van der Waals surface area contributed by atoms with Crippen LogP contribution in [0.5, 0.6) is 0 Å². The summed E-state index contributed by atoms with van der Waals surface area (Å²) < 4.78 is 14.3. The van der Waals surface area contributed by atoms with Crippen LogP contribution < -0.4 is 0 Å². The van der Waals surface area contributed by atoms with E-state index in [1.165, 1.54) is 0 Å². The molecule has 0 saturated heterocycles. The zero-order valence-electron chi connectivity index (χ0n) is 11.2. The van der Waals surface area contributed by atoms with Crippen molar-refractivity contribution >= 4 is 10.9 Å². The number of rotatable bonds is 1. The Kier molecular flexibility index (Phi) is 2.76. The molecule has 2 aromatic rings. The van der Waals surface area contributed by atoms with Crippen molar-refractivity contribution in [1.82, 2.24) is 4.98 Å². The van der Waals surface area contributed by atoms with Crippen molar-refractivity contribution in [2.75, 3.05) is 0 Å². The molecule has 1 aromatic carbocycles. The summed E-state index contributed by atoms with van der Waals surface area (Å²) in [6, 6.07) is 5.94. The first kappa shape index (κ1) is 12.2. The van der Waals surface area contributed by atoms with Crippen LogP contribution in [0, 0.1) is 5.82 Å². The van der Waals surface area contributed by atoms with Gasteiger partial charge < -0.3 is 4.98 Å². The summed E-state index contributed by atoms with van der Waals surface area (Å²) in [4.78, 5) is 3.22. The van der Waals surface area contributed by atoms with E-state index in [4.69, 9.17) is 0 Å². The summed E-state index contributed by atoms with van der Waals surface area (Å²) in [6.07, 6.45) is 0.